The fourth-order valence-corrected chi connectivity index (χ4v) is 1.23. The lowest BCUT2D eigenvalue weighted by atomic mass is 10.2. The van der Waals surface area contributed by atoms with E-state index in [0.29, 0.717) is 5.56 Å². The van der Waals surface area contributed by atoms with E-state index < -0.39 is 0 Å². The smallest absolute Gasteiger partial charge is 0.234 e. The van der Waals surface area contributed by atoms with Crippen LogP contribution < -0.4 is 0 Å². The summed E-state index contributed by atoms with van der Waals surface area (Å²) in [6, 6.07) is 7.32. The van der Waals surface area contributed by atoms with Crippen LogP contribution in [-0.4, -0.2) is 5.12 Å². The van der Waals surface area contributed by atoms with Gasteiger partial charge in [-0.2, -0.15) is 0 Å². The summed E-state index contributed by atoms with van der Waals surface area (Å²) < 4.78 is 0. The summed E-state index contributed by atoms with van der Waals surface area (Å²) >= 11 is 0. The third-order valence-electron chi connectivity index (χ3n) is 1.36. The molecule has 3 heteroatoms. The van der Waals surface area contributed by atoms with Crippen molar-refractivity contribution in [3.63, 3.8) is 0 Å². The number of benzene rings is 1. The number of aryl methyl sites for hydroxylation is 1. The second kappa shape index (κ2) is 3.79. The average Bonchev–Trinajstić information content (AvgIpc) is 2.05. The highest BCUT2D eigenvalue weighted by Crippen LogP contribution is 2.15. The molecule has 0 saturated carbocycles. The summed E-state index contributed by atoms with van der Waals surface area (Å²) in [4.78, 5) is 11.0. The van der Waals surface area contributed by atoms with Gasteiger partial charge < -0.3 is 0 Å². The Kier molecular flexibility index (Phi) is 2.97. The van der Waals surface area contributed by atoms with Crippen molar-refractivity contribution in [3.8, 4) is 0 Å². The Bertz CT molecular complexity index is 255. The van der Waals surface area contributed by atoms with Gasteiger partial charge in [-0.25, -0.2) is 0 Å². The molecule has 0 atom stereocenters. The van der Waals surface area contributed by atoms with Gasteiger partial charge in [0.05, 0.1) is 0 Å². The molecular formula is C8H7ClOS. The molecule has 0 aliphatic carbocycles. The fraction of sp³-hybridized carbons (Fsp3) is 0.125. The van der Waals surface area contributed by atoms with Gasteiger partial charge in [-0.3, -0.25) is 4.79 Å². The van der Waals surface area contributed by atoms with Crippen molar-refractivity contribution in [1.29, 1.82) is 0 Å². The minimum atomic E-state index is -0.105. The van der Waals surface area contributed by atoms with E-state index >= 15 is 0 Å². The molecule has 58 valence electrons. The molecule has 0 amide bonds. The summed E-state index contributed by atoms with van der Waals surface area (Å²) in [5, 5.41) is -0.105. The third kappa shape index (κ3) is 2.24. The first kappa shape index (κ1) is 8.62. The Morgan fingerprint density at radius 1 is 1.36 bits per heavy atom. The SMILES string of the molecule is Cc1ccc(C(=O)SCl)cc1. The third-order valence-corrected chi connectivity index (χ3v) is 2.15. The van der Waals surface area contributed by atoms with E-state index in [0.717, 1.165) is 16.5 Å². The van der Waals surface area contributed by atoms with Gasteiger partial charge in [0.25, 0.3) is 0 Å². The normalized spacial score (nSPS) is 9.64. The maximum absolute atomic E-state index is 11.0. The van der Waals surface area contributed by atoms with Gasteiger partial charge in [0.1, 0.15) is 0 Å². The molecule has 0 aliphatic heterocycles. The van der Waals surface area contributed by atoms with E-state index in [1.165, 1.54) is 0 Å². The van der Waals surface area contributed by atoms with E-state index in [-0.39, 0.29) is 5.12 Å². The van der Waals surface area contributed by atoms with Crippen LogP contribution >= 0.6 is 21.7 Å². The van der Waals surface area contributed by atoms with E-state index in [4.69, 9.17) is 10.7 Å². The molecule has 11 heavy (non-hydrogen) atoms. The molecule has 0 N–H and O–H groups in total. The number of carbonyl (C=O) groups is 1. The van der Waals surface area contributed by atoms with Gasteiger partial charge in [-0.15, -0.1) is 0 Å². The van der Waals surface area contributed by atoms with Crippen molar-refractivity contribution >= 4 is 26.8 Å². The molecule has 0 saturated heterocycles. The fourth-order valence-electron chi connectivity index (χ4n) is 0.734. The van der Waals surface area contributed by atoms with Gasteiger partial charge >= 0.3 is 0 Å². The van der Waals surface area contributed by atoms with Gasteiger partial charge in [0.2, 0.25) is 5.12 Å². The van der Waals surface area contributed by atoms with E-state index in [9.17, 15) is 4.79 Å². The molecule has 1 rings (SSSR count). The van der Waals surface area contributed by atoms with Crippen LogP contribution in [0.25, 0.3) is 0 Å². The van der Waals surface area contributed by atoms with Crippen molar-refractivity contribution in [3.05, 3.63) is 35.4 Å². The van der Waals surface area contributed by atoms with Crippen LogP contribution in [-0.2, 0) is 0 Å². The summed E-state index contributed by atoms with van der Waals surface area (Å²) in [6.45, 7) is 1.97. The van der Waals surface area contributed by atoms with Crippen LogP contribution in [0.5, 0.6) is 0 Å². The lowest BCUT2D eigenvalue weighted by Gasteiger charge is -1.95. The Morgan fingerprint density at radius 2 is 1.91 bits per heavy atom. The Balaban J connectivity index is 2.90. The number of carbonyl (C=O) groups excluding carboxylic acids is 1. The lowest BCUT2D eigenvalue weighted by molar-refractivity contribution is 0.109. The summed E-state index contributed by atoms with van der Waals surface area (Å²) in [6.07, 6.45) is 0. The molecule has 1 nitrogen and oxygen atoms in total. The van der Waals surface area contributed by atoms with Crippen molar-refractivity contribution < 1.29 is 4.79 Å². The Hall–Kier alpha value is -0.470. The van der Waals surface area contributed by atoms with Crippen LogP contribution in [0.1, 0.15) is 15.9 Å². The maximum Gasteiger partial charge on any atom is 0.234 e. The van der Waals surface area contributed by atoms with Crippen molar-refractivity contribution in [2.24, 2.45) is 0 Å². The van der Waals surface area contributed by atoms with Crippen molar-refractivity contribution in [1.82, 2.24) is 0 Å². The molecule has 0 unspecified atom stereocenters. The molecule has 1 aromatic rings. The van der Waals surface area contributed by atoms with Crippen molar-refractivity contribution in [2.45, 2.75) is 6.92 Å². The van der Waals surface area contributed by atoms with Crippen LogP contribution in [0.15, 0.2) is 24.3 Å². The standard InChI is InChI=1S/C8H7ClOS/c1-6-2-4-7(5-3-6)8(10)11-9/h2-5H,1H3. The van der Waals surface area contributed by atoms with Crippen LogP contribution in [0, 0.1) is 6.92 Å². The van der Waals surface area contributed by atoms with Gasteiger partial charge in [0, 0.05) is 16.5 Å². The summed E-state index contributed by atoms with van der Waals surface area (Å²) in [5.41, 5.74) is 1.79. The topological polar surface area (TPSA) is 17.1 Å². The Labute approximate surface area is 74.3 Å². The first-order valence-electron chi connectivity index (χ1n) is 3.13. The first-order valence-corrected chi connectivity index (χ1v) is 4.78. The second-order valence-corrected chi connectivity index (χ2v) is 3.22. The highest BCUT2D eigenvalue weighted by atomic mass is 35.7. The lowest BCUT2D eigenvalue weighted by Crippen LogP contribution is -1.89. The minimum Gasteiger partial charge on any atom is -0.280 e. The highest BCUT2D eigenvalue weighted by molar-refractivity contribution is 8.33. The van der Waals surface area contributed by atoms with Gasteiger partial charge in [0.15, 0.2) is 0 Å². The first-order chi connectivity index (χ1) is 5.24. The molecule has 0 radical (unpaired) electrons. The van der Waals surface area contributed by atoms with Crippen LogP contribution in [0.4, 0.5) is 0 Å². The van der Waals surface area contributed by atoms with Crippen LogP contribution in [0.2, 0.25) is 0 Å². The quantitative estimate of drug-likeness (QED) is 0.671. The van der Waals surface area contributed by atoms with Crippen LogP contribution in [0.3, 0.4) is 0 Å². The predicted octanol–water partition coefficient (Wildman–Crippen LogP) is 3.02. The minimum absolute atomic E-state index is 0.105. The molecule has 0 aromatic heterocycles. The number of halogens is 1. The highest BCUT2D eigenvalue weighted by Gasteiger charge is 2.02. The van der Waals surface area contributed by atoms with Crippen molar-refractivity contribution in [2.75, 3.05) is 0 Å². The van der Waals surface area contributed by atoms with E-state index in [2.05, 4.69) is 0 Å². The second-order valence-electron chi connectivity index (χ2n) is 2.23. The summed E-state index contributed by atoms with van der Waals surface area (Å²) in [7, 11) is 6.01. The largest absolute Gasteiger partial charge is 0.280 e. The molecule has 1 aromatic carbocycles. The summed E-state index contributed by atoms with van der Waals surface area (Å²) in [5.74, 6) is 0. The Morgan fingerprint density at radius 3 is 2.36 bits per heavy atom. The zero-order valence-electron chi connectivity index (χ0n) is 6.00. The predicted molar refractivity (Wildman–Crippen MR) is 49.0 cm³/mol. The monoisotopic (exact) mass is 186 g/mol. The molecule has 0 spiro atoms. The zero-order valence-corrected chi connectivity index (χ0v) is 7.58. The number of hydrogen-bond acceptors (Lipinski definition) is 2. The molecule has 0 aliphatic rings. The average molecular weight is 187 g/mol. The van der Waals surface area contributed by atoms with Gasteiger partial charge in [-0.05, 0) is 17.6 Å². The molecular weight excluding hydrogens is 180 g/mol. The zero-order chi connectivity index (χ0) is 8.27. The maximum atomic E-state index is 11.0. The molecule has 0 heterocycles. The van der Waals surface area contributed by atoms with E-state index in [1.54, 1.807) is 12.1 Å². The number of hydrogen-bond donors (Lipinski definition) is 0. The molecule has 0 bridgehead atoms. The number of rotatable bonds is 1. The van der Waals surface area contributed by atoms with Gasteiger partial charge in [-0.1, -0.05) is 29.8 Å². The molecule has 0 fully saturated rings. The van der Waals surface area contributed by atoms with E-state index in [1.807, 2.05) is 19.1 Å².